The first kappa shape index (κ1) is 23.2. The van der Waals surface area contributed by atoms with Crippen LogP contribution in [0.1, 0.15) is 30.5 Å². The number of piperidine rings is 1. The van der Waals surface area contributed by atoms with Gasteiger partial charge in [0.05, 0.1) is 11.6 Å². The van der Waals surface area contributed by atoms with Crippen molar-refractivity contribution in [1.82, 2.24) is 10.1 Å². The summed E-state index contributed by atoms with van der Waals surface area (Å²) in [4.78, 5) is 15.5. The molecule has 0 amide bonds. The molecule has 0 saturated carbocycles. The third kappa shape index (κ3) is 5.43. The Kier molecular flexibility index (Phi) is 7.19. The molecule has 2 aromatic carbocycles. The van der Waals surface area contributed by atoms with E-state index in [0.717, 1.165) is 42.6 Å². The van der Waals surface area contributed by atoms with Crippen molar-refractivity contribution in [2.24, 2.45) is 5.92 Å². The fourth-order valence-corrected chi connectivity index (χ4v) is 4.82. The molecule has 179 valence electrons. The Morgan fingerprint density at radius 2 is 2.00 bits per heavy atom. The Balaban J connectivity index is 1.38. The van der Waals surface area contributed by atoms with Gasteiger partial charge in [-0.1, -0.05) is 54.1 Å². The van der Waals surface area contributed by atoms with Crippen LogP contribution >= 0.6 is 0 Å². The van der Waals surface area contributed by atoms with Crippen molar-refractivity contribution in [3.63, 3.8) is 0 Å². The second kappa shape index (κ2) is 10.8. The minimum Gasteiger partial charge on any atom is -0.492 e. The fourth-order valence-electron chi connectivity index (χ4n) is 4.82. The Bertz CT molecular complexity index is 1260. The van der Waals surface area contributed by atoms with Crippen molar-refractivity contribution in [2.75, 3.05) is 13.1 Å². The summed E-state index contributed by atoms with van der Waals surface area (Å²) >= 11 is 0. The molecule has 5 nitrogen and oxygen atoms in total. The number of halogens is 1. The fraction of sp³-hybridized carbons (Fsp3) is 0.310. The topological polar surface area (TPSA) is 55.6 Å². The molecule has 2 heterocycles. The molecule has 5 rings (SSSR count). The summed E-state index contributed by atoms with van der Waals surface area (Å²) in [5, 5.41) is 4.92. The van der Waals surface area contributed by atoms with E-state index in [9.17, 15) is 9.18 Å². The number of allylic oxidation sites excluding steroid dienone is 4. The number of rotatable bonds is 8. The lowest BCUT2D eigenvalue weighted by molar-refractivity contribution is -0.120. The van der Waals surface area contributed by atoms with Crippen LogP contribution in [-0.4, -0.2) is 35.0 Å². The van der Waals surface area contributed by atoms with E-state index in [1.807, 2.05) is 42.5 Å². The number of benzene rings is 2. The number of carbonyl (C=O) groups is 1. The number of hydrogen-bond donors (Lipinski definition) is 0. The highest BCUT2D eigenvalue weighted by molar-refractivity contribution is 5.92. The van der Waals surface area contributed by atoms with Gasteiger partial charge in [-0.15, -0.1) is 0 Å². The molecular weight excluding hydrogens is 443 g/mol. The minimum atomic E-state index is -0.457. The van der Waals surface area contributed by atoms with Crippen molar-refractivity contribution in [2.45, 2.75) is 38.3 Å². The number of aromatic nitrogens is 1. The maximum Gasteiger partial charge on any atom is 0.176 e. The average Bonchev–Trinajstić information content (AvgIpc) is 3.29. The zero-order chi connectivity index (χ0) is 24.0. The second-order valence-corrected chi connectivity index (χ2v) is 8.99. The van der Waals surface area contributed by atoms with Gasteiger partial charge >= 0.3 is 0 Å². The van der Waals surface area contributed by atoms with Crippen LogP contribution < -0.4 is 0 Å². The first-order valence-electron chi connectivity index (χ1n) is 12.1. The van der Waals surface area contributed by atoms with Gasteiger partial charge < -0.3 is 9.26 Å². The van der Waals surface area contributed by atoms with E-state index in [4.69, 9.17) is 9.26 Å². The van der Waals surface area contributed by atoms with E-state index in [-0.39, 0.29) is 17.6 Å². The summed E-state index contributed by atoms with van der Waals surface area (Å²) in [7, 11) is 0. The zero-order valence-corrected chi connectivity index (χ0v) is 19.5. The Morgan fingerprint density at radius 3 is 2.83 bits per heavy atom. The van der Waals surface area contributed by atoms with Gasteiger partial charge in [0.1, 0.15) is 18.2 Å². The number of ketones is 1. The first-order chi connectivity index (χ1) is 17.2. The van der Waals surface area contributed by atoms with Gasteiger partial charge in [0.2, 0.25) is 0 Å². The van der Waals surface area contributed by atoms with Gasteiger partial charge in [0.15, 0.2) is 11.4 Å². The van der Waals surface area contributed by atoms with Gasteiger partial charge in [-0.3, -0.25) is 9.69 Å². The van der Waals surface area contributed by atoms with Crippen molar-refractivity contribution >= 4 is 16.8 Å². The molecule has 3 aromatic rings. The molecule has 2 aliphatic rings. The van der Waals surface area contributed by atoms with Crippen LogP contribution in [0, 0.1) is 17.8 Å². The predicted molar refractivity (Wildman–Crippen MR) is 132 cm³/mol. The van der Waals surface area contributed by atoms with Gasteiger partial charge in [0.25, 0.3) is 0 Å². The number of carbonyl (C=O) groups excluding carboxylic acids is 1. The maximum atomic E-state index is 13.5. The lowest BCUT2D eigenvalue weighted by Gasteiger charge is -2.38. The van der Waals surface area contributed by atoms with Crippen LogP contribution in [0.5, 0.6) is 0 Å². The van der Waals surface area contributed by atoms with Crippen molar-refractivity contribution in [3.05, 3.63) is 102 Å². The molecule has 1 saturated heterocycles. The summed E-state index contributed by atoms with van der Waals surface area (Å²) in [5.74, 6) is -0.213. The molecule has 1 aromatic heterocycles. The third-order valence-corrected chi connectivity index (χ3v) is 6.62. The Hall–Kier alpha value is -3.51. The lowest BCUT2D eigenvalue weighted by atomic mass is 9.87. The predicted octanol–water partition coefficient (Wildman–Crippen LogP) is 5.58. The molecule has 2 unspecified atom stereocenters. The summed E-state index contributed by atoms with van der Waals surface area (Å²) < 4.78 is 25.0. The first-order valence-corrected chi connectivity index (χ1v) is 12.1. The quantitative estimate of drug-likeness (QED) is 0.402. The molecule has 1 fully saturated rings. The number of ether oxygens (including phenoxy) is 1. The molecular formula is C29H28FN2O3. The van der Waals surface area contributed by atoms with Gasteiger partial charge in [-0.25, -0.2) is 4.39 Å². The highest BCUT2D eigenvalue weighted by atomic mass is 19.1. The molecule has 35 heavy (non-hydrogen) atoms. The van der Waals surface area contributed by atoms with Crippen molar-refractivity contribution in [1.29, 1.82) is 0 Å². The largest absolute Gasteiger partial charge is 0.492 e. The summed E-state index contributed by atoms with van der Waals surface area (Å²) in [6.07, 6.45) is 14.4. The normalized spacial score (nSPS) is 19.9. The Morgan fingerprint density at radius 1 is 1.17 bits per heavy atom. The smallest absolute Gasteiger partial charge is 0.176 e. The van der Waals surface area contributed by atoms with E-state index in [1.165, 1.54) is 18.6 Å². The molecule has 0 bridgehead atoms. The van der Waals surface area contributed by atoms with E-state index in [2.05, 4.69) is 22.2 Å². The van der Waals surface area contributed by atoms with Crippen LogP contribution in [0.15, 0.2) is 83.1 Å². The lowest BCUT2D eigenvalue weighted by Crippen LogP contribution is -2.46. The van der Waals surface area contributed by atoms with Gasteiger partial charge in [0, 0.05) is 30.0 Å². The van der Waals surface area contributed by atoms with Crippen LogP contribution in [0.4, 0.5) is 4.39 Å². The monoisotopic (exact) mass is 471 g/mol. The second-order valence-electron chi connectivity index (χ2n) is 8.99. The third-order valence-electron chi connectivity index (χ3n) is 6.62. The molecule has 6 heteroatoms. The van der Waals surface area contributed by atoms with Crippen molar-refractivity contribution in [3.8, 4) is 0 Å². The summed E-state index contributed by atoms with van der Waals surface area (Å²) in [6, 6.07) is 14.2. The van der Waals surface area contributed by atoms with Crippen molar-refractivity contribution < 1.29 is 18.4 Å². The molecule has 1 aliphatic carbocycles. The molecule has 2 atom stereocenters. The number of nitrogens with zero attached hydrogens (tertiary/aromatic N) is 2. The van der Waals surface area contributed by atoms with E-state index in [1.54, 1.807) is 12.1 Å². The minimum absolute atomic E-state index is 0.0712. The van der Waals surface area contributed by atoms with Gasteiger partial charge in [-0.05, 0) is 55.8 Å². The molecule has 0 N–H and O–H groups in total. The van der Waals surface area contributed by atoms with E-state index < -0.39 is 5.92 Å². The number of likely N-dealkylation sites (tertiary alicyclic amines) is 1. The van der Waals surface area contributed by atoms with E-state index >= 15 is 0 Å². The van der Waals surface area contributed by atoms with E-state index in [0.29, 0.717) is 24.4 Å². The average molecular weight is 472 g/mol. The zero-order valence-electron chi connectivity index (χ0n) is 19.5. The molecule has 0 spiro atoms. The SMILES string of the molecule is O=C1[C]=CC=C(OCc2ccccc2)C1C(C=CCc1noc2cc(F)ccc12)N1CCCCC1. The highest BCUT2D eigenvalue weighted by Crippen LogP contribution is 2.30. The van der Waals surface area contributed by atoms with Crippen LogP contribution in [0.3, 0.4) is 0 Å². The number of fused-ring (bicyclic) bond motifs is 1. The summed E-state index contributed by atoms with van der Waals surface area (Å²) in [5.41, 5.74) is 2.23. The molecule has 1 aliphatic heterocycles. The van der Waals surface area contributed by atoms with Crippen LogP contribution in [0.25, 0.3) is 11.0 Å². The van der Waals surface area contributed by atoms with Crippen LogP contribution in [-0.2, 0) is 22.6 Å². The highest BCUT2D eigenvalue weighted by Gasteiger charge is 2.36. The molecule has 1 radical (unpaired) electrons. The number of hydrogen-bond acceptors (Lipinski definition) is 5. The maximum absolute atomic E-state index is 13.5. The Labute approximate surface area is 204 Å². The summed E-state index contributed by atoms with van der Waals surface area (Å²) in [6.45, 7) is 2.27. The van der Waals surface area contributed by atoms with Gasteiger partial charge in [-0.2, -0.15) is 0 Å². The van der Waals surface area contributed by atoms with Crippen LogP contribution in [0.2, 0.25) is 0 Å². The standard InChI is InChI=1S/C29H28FN2O3/c30-22-15-16-23-24(31-35-28(23)19-22)11-7-12-25(32-17-5-2-6-18-32)29-26(33)13-8-14-27(29)34-20-21-9-3-1-4-10-21/h1,3-4,7-10,12,14-16,19,25,29H,2,5-6,11,17-18,20H2. The number of Topliss-reactive ketones (excluding diaryl/α,β-unsaturated/α-hetero) is 1.